The van der Waals surface area contributed by atoms with Gasteiger partial charge in [-0.25, -0.2) is 4.98 Å². The molecular weight excluding hydrogens is 388 g/mol. The molecule has 1 aliphatic carbocycles. The number of hydrogen-bond acceptors (Lipinski definition) is 6. The monoisotopic (exact) mass is 416 g/mol. The number of likely N-dealkylation sites (N-methyl/N-ethyl adjacent to an activating group) is 1. The zero-order valence-corrected chi connectivity index (χ0v) is 17.8. The van der Waals surface area contributed by atoms with E-state index in [1.165, 1.54) is 11.3 Å². The van der Waals surface area contributed by atoms with E-state index in [-0.39, 0.29) is 42.2 Å². The van der Waals surface area contributed by atoms with Crippen LogP contribution >= 0.6 is 11.3 Å². The Morgan fingerprint density at radius 1 is 1.31 bits per heavy atom. The van der Waals surface area contributed by atoms with Gasteiger partial charge >= 0.3 is 0 Å². The smallest absolute Gasteiger partial charge is 0.271 e. The normalized spacial score (nSPS) is 19.1. The minimum atomic E-state index is -0.327. The molecule has 3 rings (SSSR count). The first-order valence-corrected chi connectivity index (χ1v) is 10.7. The number of aliphatic hydroxyl groups excluding tert-OH is 1. The van der Waals surface area contributed by atoms with Crippen molar-refractivity contribution < 1.29 is 14.7 Å². The highest BCUT2D eigenvalue weighted by molar-refractivity contribution is 7.09. The Bertz CT molecular complexity index is 867. The molecule has 7 nitrogen and oxygen atoms in total. The number of nitrogens with one attached hydrogen (secondary N) is 2. The maximum Gasteiger partial charge on any atom is 0.271 e. The van der Waals surface area contributed by atoms with Crippen LogP contribution in [0.25, 0.3) is 0 Å². The molecule has 2 aromatic rings. The van der Waals surface area contributed by atoms with Crippen molar-refractivity contribution >= 4 is 23.2 Å². The van der Waals surface area contributed by atoms with E-state index in [1.807, 2.05) is 43.3 Å². The van der Waals surface area contributed by atoms with E-state index in [9.17, 15) is 14.7 Å². The van der Waals surface area contributed by atoms with Crippen molar-refractivity contribution in [2.24, 2.45) is 0 Å². The molecule has 8 heteroatoms. The van der Waals surface area contributed by atoms with Gasteiger partial charge in [0.05, 0.1) is 24.7 Å². The number of benzene rings is 1. The van der Waals surface area contributed by atoms with Crippen molar-refractivity contribution in [2.45, 2.75) is 50.9 Å². The number of fused-ring (bicyclic) bond motifs is 1. The topological polar surface area (TPSA) is 94.6 Å². The van der Waals surface area contributed by atoms with Crippen molar-refractivity contribution in [3.8, 4) is 0 Å². The molecule has 3 atom stereocenters. The van der Waals surface area contributed by atoms with Gasteiger partial charge in [-0.2, -0.15) is 0 Å². The van der Waals surface area contributed by atoms with Crippen LogP contribution in [0.3, 0.4) is 0 Å². The van der Waals surface area contributed by atoms with Gasteiger partial charge in [0.15, 0.2) is 0 Å². The Hall–Kier alpha value is -2.29. The lowest BCUT2D eigenvalue weighted by Crippen LogP contribution is -2.50. The van der Waals surface area contributed by atoms with Crippen LogP contribution in [0.2, 0.25) is 0 Å². The first-order chi connectivity index (χ1) is 13.9. The highest BCUT2D eigenvalue weighted by atomic mass is 32.1. The van der Waals surface area contributed by atoms with Gasteiger partial charge in [-0.3, -0.25) is 14.5 Å². The van der Waals surface area contributed by atoms with Gasteiger partial charge in [-0.15, -0.1) is 11.3 Å². The first-order valence-electron chi connectivity index (χ1n) is 9.85. The minimum Gasteiger partial charge on any atom is -0.389 e. The van der Waals surface area contributed by atoms with Crippen LogP contribution in [0.5, 0.6) is 0 Å². The van der Waals surface area contributed by atoms with Crippen LogP contribution in [-0.2, 0) is 17.8 Å². The molecule has 29 heavy (non-hydrogen) atoms. The fraction of sp³-hybridized carbons (Fsp3) is 0.476. The van der Waals surface area contributed by atoms with E-state index < -0.39 is 0 Å². The van der Waals surface area contributed by atoms with E-state index in [4.69, 9.17) is 0 Å². The third-order valence-corrected chi connectivity index (χ3v) is 6.09. The maximum atomic E-state index is 12.9. The number of thiazole rings is 1. The Morgan fingerprint density at radius 2 is 2.07 bits per heavy atom. The molecule has 0 radical (unpaired) electrons. The van der Waals surface area contributed by atoms with E-state index in [0.29, 0.717) is 11.4 Å². The molecule has 0 aliphatic heterocycles. The first kappa shape index (κ1) is 21.4. The van der Waals surface area contributed by atoms with Gasteiger partial charge in [0.2, 0.25) is 5.91 Å². The van der Waals surface area contributed by atoms with Crippen molar-refractivity contribution in [1.82, 2.24) is 20.5 Å². The largest absolute Gasteiger partial charge is 0.389 e. The fourth-order valence-corrected chi connectivity index (χ4v) is 4.42. The molecule has 0 bridgehead atoms. The van der Waals surface area contributed by atoms with Crippen LogP contribution < -0.4 is 10.6 Å². The summed E-state index contributed by atoms with van der Waals surface area (Å²) in [6.07, 6.45) is 2.36. The summed E-state index contributed by atoms with van der Waals surface area (Å²) in [5, 5.41) is 17.5. The summed E-state index contributed by atoms with van der Waals surface area (Å²) in [7, 11) is 3.81. The summed E-state index contributed by atoms with van der Waals surface area (Å²) in [4.78, 5) is 31.7. The quantitative estimate of drug-likeness (QED) is 0.611. The number of amides is 2. The lowest BCUT2D eigenvalue weighted by Gasteiger charge is -2.28. The Kier molecular flexibility index (Phi) is 7.00. The van der Waals surface area contributed by atoms with E-state index in [0.717, 1.165) is 24.0 Å². The number of carbonyl (C=O) groups is 2. The molecule has 3 N–H and O–H groups in total. The number of rotatable bonds is 8. The summed E-state index contributed by atoms with van der Waals surface area (Å²) >= 11 is 1.25. The Balaban J connectivity index is 1.79. The highest BCUT2D eigenvalue weighted by Gasteiger charge is 2.36. The molecule has 1 heterocycles. The number of nitrogens with zero attached hydrogens (tertiary/aromatic N) is 2. The molecule has 0 spiro atoms. The van der Waals surface area contributed by atoms with Crippen LogP contribution in [-0.4, -0.2) is 53.0 Å². The molecule has 0 unspecified atom stereocenters. The number of hydrogen-bond donors (Lipinski definition) is 3. The fourth-order valence-electron chi connectivity index (χ4n) is 3.79. The molecule has 0 saturated carbocycles. The average molecular weight is 417 g/mol. The average Bonchev–Trinajstić information content (AvgIpc) is 3.31. The van der Waals surface area contributed by atoms with Gasteiger partial charge in [0.1, 0.15) is 10.7 Å². The SMILES string of the molecule is CCC[C@H](C(=O)N[C@@H]1Cc2ccccc2[C@H]1NC(=O)c1csc(CO)n1)N(C)C. The van der Waals surface area contributed by atoms with Crippen molar-refractivity contribution in [2.75, 3.05) is 14.1 Å². The second-order valence-corrected chi connectivity index (χ2v) is 8.46. The summed E-state index contributed by atoms with van der Waals surface area (Å²) < 4.78 is 0. The second-order valence-electron chi connectivity index (χ2n) is 7.52. The predicted octanol–water partition coefficient (Wildman–Crippen LogP) is 1.88. The standard InChI is InChI=1S/C21H28N4O3S/c1-4-7-17(25(2)3)21(28)23-15-10-13-8-5-6-9-14(13)19(15)24-20(27)16-12-29-18(11-26)22-16/h5-6,8-9,12,15,17,19,26H,4,7,10-11H2,1-3H3,(H,23,28)(H,24,27)/t15-,17-,19-/m1/s1. The highest BCUT2D eigenvalue weighted by Crippen LogP contribution is 2.32. The molecular formula is C21H28N4O3S. The predicted molar refractivity (Wildman–Crippen MR) is 113 cm³/mol. The van der Waals surface area contributed by atoms with E-state index >= 15 is 0 Å². The van der Waals surface area contributed by atoms with Gasteiger partial charge in [0, 0.05) is 5.38 Å². The van der Waals surface area contributed by atoms with Gasteiger partial charge < -0.3 is 15.7 Å². The third-order valence-electron chi connectivity index (χ3n) is 5.25. The summed E-state index contributed by atoms with van der Waals surface area (Å²) in [6.45, 7) is 1.87. The van der Waals surface area contributed by atoms with Crippen molar-refractivity contribution in [3.05, 3.63) is 51.5 Å². The lowest BCUT2D eigenvalue weighted by atomic mass is 10.1. The zero-order chi connectivity index (χ0) is 21.0. The second kappa shape index (κ2) is 9.47. The summed E-state index contributed by atoms with van der Waals surface area (Å²) in [5.74, 6) is -0.329. The summed E-state index contributed by atoms with van der Waals surface area (Å²) in [5.41, 5.74) is 2.42. The Labute approximate surface area is 175 Å². The third kappa shape index (κ3) is 4.83. The number of carbonyl (C=O) groups excluding carboxylic acids is 2. The van der Waals surface area contributed by atoms with Crippen molar-refractivity contribution in [3.63, 3.8) is 0 Å². The molecule has 1 aliphatic rings. The lowest BCUT2D eigenvalue weighted by molar-refractivity contribution is -0.126. The molecule has 0 saturated heterocycles. The summed E-state index contributed by atoms with van der Waals surface area (Å²) in [6, 6.07) is 7.17. The molecule has 2 amide bonds. The Morgan fingerprint density at radius 3 is 2.72 bits per heavy atom. The maximum absolute atomic E-state index is 12.9. The van der Waals surface area contributed by atoms with Crippen LogP contribution in [0, 0.1) is 0 Å². The van der Waals surface area contributed by atoms with Gasteiger partial charge in [-0.1, -0.05) is 37.6 Å². The van der Waals surface area contributed by atoms with Crippen molar-refractivity contribution in [1.29, 1.82) is 0 Å². The van der Waals surface area contributed by atoms with Crippen LogP contribution in [0.4, 0.5) is 0 Å². The van der Waals surface area contributed by atoms with E-state index in [2.05, 4.69) is 22.5 Å². The molecule has 0 fully saturated rings. The molecule has 1 aromatic heterocycles. The number of aromatic nitrogens is 1. The van der Waals surface area contributed by atoms with Gasteiger partial charge in [-0.05, 0) is 38.1 Å². The van der Waals surface area contributed by atoms with Crippen LogP contribution in [0.1, 0.15) is 52.4 Å². The minimum absolute atomic E-state index is 0.0230. The van der Waals surface area contributed by atoms with Crippen LogP contribution in [0.15, 0.2) is 29.6 Å². The van der Waals surface area contributed by atoms with Gasteiger partial charge in [0.25, 0.3) is 5.91 Å². The van der Waals surface area contributed by atoms with E-state index in [1.54, 1.807) is 5.38 Å². The molecule has 1 aromatic carbocycles. The zero-order valence-electron chi connectivity index (χ0n) is 17.0. The number of aliphatic hydroxyl groups is 1. The molecule has 156 valence electrons.